The zero-order valence-corrected chi connectivity index (χ0v) is 8.03. The Morgan fingerprint density at radius 1 is 1.54 bits per heavy atom. The molecule has 0 aliphatic carbocycles. The molecular weight excluding hydrogens is 164 g/mol. The molecule has 3 N–H and O–H groups in total. The van der Waals surface area contributed by atoms with E-state index < -0.39 is 0 Å². The molecule has 0 unspecified atom stereocenters. The van der Waals surface area contributed by atoms with Crippen molar-refractivity contribution in [2.24, 2.45) is 0 Å². The fraction of sp³-hybridized carbons (Fsp3) is 0.667. The number of nitrogen functional groups attached to an aromatic ring is 1. The van der Waals surface area contributed by atoms with Gasteiger partial charge in [0.05, 0.1) is 32.4 Å². The highest BCUT2D eigenvalue weighted by Gasteiger charge is 2.22. The van der Waals surface area contributed by atoms with Crippen LogP contribution in [-0.2, 0) is 0 Å². The van der Waals surface area contributed by atoms with Gasteiger partial charge in [-0.1, -0.05) is 0 Å². The Kier molecular flexibility index (Phi) is 2.22. The number of anilines is 1. The van der Waals surface area contributed by atoms with Gasteiger partial charge in [0.25, 0.3) is 0 Å². The van der Waals surface area contributed by atoms with Crippen LogP contribution in [0.25, 0.3) is 0 Å². The molecule has 4 nitrogen and oxygen atoms in total. The van der Waals surface area contributed by atoms with Gasteiger partial charge < -0.3 is 10.6 Å². The molecule has 1 aromatic heterocycles. The molecule has 72 valence electrons. The predicted octanol–water partition coefficient (Wildman–Crippen LogP) is -0.685. The van der Waals surface area contributed by atoms with Gasteiger partial charge in [0.15, 0.2) is 0 Å². The maximum absolute atomic E-state index is 5.80. The van der Waals surface area contributed by atoms with Crippen LogP contribution in [0, 0.1) is 0 Å². The smallest absolute Gasteiger partial charge is 0.121 e. The molecule has 0 amide bonds. The van der Waals surface area contributed by atoms with Crippen molar-refractivity contribution < 1.29 is 4.90 Å². The second-order valence-corrected chi connectivity index (χ2v) is 3.89. The third-order valence-corrected chi connectivity index (χ3v) is 2.86. The topological polar surface area (TPSA) is 48.3 Å². The molecule has 2 rings (SSSR count). The van der Waals surface area contributed by atoms with Gasteiger partial charge in [-0.05, 0) is 6.07 Å². The molecule has 1 fully saturated rings. The molecule has 0 aromatic carbocycles. The summed E-state index contributed by atoms with van der Waals surface area (Å²) in [6.07, 6.45) is 4.16. The standard InChI is InChI=1S/C9H16N4/c1-12-6-3-8(4-7-12)13-9(10)2-5-11-13/h2,5,8H,3-4,6-7,10H2,1H3/p+1. The second-order valence-electron chi connectivity index (χ2n) is 3.89. The Bertz CT molecular complexity index is 273. The number of hydrogen-bond donors (Lipinski definition) is 2. The summed E-state index contributed by atoms with van der Waals surface area (Å²) in [4.78, 5) is 1.61. The highest BCUT2D eigenvalue weighted by atomic mass is 15.3. The Morgan fingerprint density at radius 2 is 2.23 bits per heavy atom. The van der Waals surface area contributed by atoms with Crippen LogP contribution in [0.4, 0.5) is 5.82 Å². The fourth-order valence-electron chi connectivity index (χ4n) is 1.97. The van der Waals surface area contributed by atoms with E-state index in [9.17, 15) is 0 Å². The number of piperidine rings is 1. The Hall–Kier alpha value is -1.03. The highest BCUT2D eigenvalue weighted by Crippen LogP contribution is 2.18. The first-order chi connectivity index (χ1) is 6.27. The number of likely N-dealkylation sites (tertiary alicyclic amines) is 1. The van der Waals surface area contributed by atoms with Crippen LogP contribution in [0.15, 0.2) is 12.3 Å². The first kappa shape index (κ1) is 8.56. The molecule has 1 aliphatic rings. The monoisotopic (exact) mass is 181 g/mol. The highest BCUT2D eigenvalue weighted by molar-refractivity contribution is 5.26. The quantitative estimate of drug-likeness (QED) is 0.603. The summed E-state index contributed by atoms with van der Waals surface area (Å²) in [6, 6.07) is 2.39. The molecule has 0 radical (unpaired) electrons. The molecule has 1 aliphatic heterocycles. The van der Waals surface area contributed by atoms with Crippen molar-refractivity contribution in [1.82, 2.24) is 9.78 Å². The maximum atomic E-state index is 5.80. The number of aromatic nitrogens is 2. The van der Waals surface area contributed by atoms with E-state index in [0.717, 1.165) is 5.82 Å². The molecule has 0 saturated carbocycles. The van der Waals surface area contributed by atoms with Crippen LogP contribution in [0.5, 0.6) is 0 Å². The zero-order chi connectivity index (χ0) is 9.26. The fourth-order valence-corrected chi connectivity index (χ4v) is 1.97. The summed E-state index contributed by atoms with van der Waals surface area (Å²) in [5, 5.41) is 4.25. The lowest BCUT2D eigenvalue weighted by atomic mass is 10.1. The van der Waals surface area contributed by atoms with E-state index in [4.69, 9.17) is 5.73 Å². The third kappa shape index (κ3) is 1.67. The summed E-state index contributed by atoms with van der Waals surface area (Å²) < 4.78 is 1.96. The molecule has 13 heavy (non-hydrogen) atoms. The van der Waals surface area contributed by atoms with Crippen LogP contribution in [0.3, 0.4) is 0 Å². The summed E-state index contributed by atoms with van der Waals surface area (Å²) in [5.41, 5.74) is 5.80. The van der Waals surface area contributed by atoms with E-state index in [0.29, 0.717) is 6.04 Å². The maximum Gasteiger partial charge on any atom is 0.121 e. The van der Waals surface area contributed by atoms with Gasteiger partial charge >= 0.3 is 0 Å². The Morgan fingerprint density at radius 3 is 2.77 bits per heavy atom. The molecule has 1 saturated heterocycles. The molecule has 1 aromatic rings. The first-order valence-corrected chi connectivity index (χ1v) is 4.87. The van der Waals surface area contributed by atoms with E-state index in [2.05, 4.69) is 12.1 Å². The van der Waals surface area contributed by atoms with Gasteiger partial charge in [-0.3, -0.25) is 0 Å². The summed E-state index contributed by atoms with van der Waals surface area (Å²) in [5.74, 6) is 0.796. The van der Waals surface area contributed by atoms with Gasteiger partial charge in [-0.15, -0.1) is 0 Å². The lowest BCUT2D eigenvalue weighted by Gasteiger charge is -2.27. The van der Waals surface area contributed by atoms with Crippen molar-refractivity contribution in [3.63, 3.8) is 0 Å². The van der Waals surface area contributed by atoms with Gasteiger partial charge in [0, 0.05) is 12.8 Å². The molecular formula is C9H17N4+. The number of nitrogens with one attached hydrogen (secondary N) is 1. The third-order valence-electron chi connectivity index (χ3n) is 2.86. The Balaban J connectivity index is 2.06. The average molecular weight is 181 g/mol. The van der Waals surface area contributed by atoms with E-state index in [1.807, 2.05) is 10.7 Å². The number of quaternary nitrogens is 1. The summed E-state index contributed by atoms with van der Waals surface area (Å²) in [6.45, 7) is 2.45. The van der Waals surface area contributed by atoms with Crippen LogP contribution in [0.2, 0.25) is 0 Å². The van der Waals surface area contributed by atoms with E-state index in [1.165, 1.54) is 25.9 Å². The number of hydrogen-bond acceptors (Lipinski definition) is 2. The summed E-state index contributed by atoms with van der Waals surface area (Å²) >= 11 is 0. The number of rotatable bonds is 1. The minimum Gasteiger partial charge on any atom is -0.384 e. The minimum absolute atomic E-state index is 0.527. The van der Waals surface area contributed by atoms with Crippen molar-refractivity contribution in [2.75, 3.05) is 25.9 Å². The molecule has 0 bridgehead atoms. The minimum atomic E-state index is 0.527. The van der Waals surface area contributed by atoms with E-state index >= 15 is 0 Å². The molecule has 2 heterocycles. The lowest BCUT2D eigenvalue weighted by molar-refractivity contribution is -0.885. The van der Waals surface area contributed by atoms with E-state index in [1.54, 1.807) is 11.1 Å². The van der Waals surface area contributed by atoms with Crippen molar-refractivity contribution in [3.05, 3.63) is 12.3 Å². The normalized spacial score (nSPS) is 29.0. The van der Waals surface area contributed by atoms with Crippen molar-refractivity contribution in [3.8, 4) is 0 Å². The largest absolute Gasteiger partial charge is 0.384 e. The average Bonchev–Trinajstić information content (AvgIpc) is 2.53. The first-order valence-electron chi connectivity index (χ1n) is 4.87. The van der Waals surface area contributed by atoms with Gasteiger partial charge in [0.2, 0.25) is 0 Å². The molecule has 4 heteroatoms. The molecule has 0 atom stereocenters. The SMILES string of the molecule is C[NH+]1CCC(n2nccc2N)CC1. The second kappa shape index (κ2) is 3.38. The van der Waals surface area contributed by atoms with Crippen molar-refractivity contribution in [2.45, 2.75) is 18.9 Å². The predicted molar refractivity (Wildman–Crippen MR) is 51.5 cm³/mol. The van der Waals surface area contributed by atoms with Crippen molar-refractivity contribution >= 4 is 5.82 Å². The van der Waals surface area contributed by atoms with Crippen LogP contribution >= 0.6 is 0 Å². The van der Waals surface area contributed by atoms with Gasteiger partial charge in [-0.25, -0.2) is 4.68 Å². The number of nitrogens with zero attached hydrogens (tertiary/aromatic N) is 2. The van der Waals surface area contributed by atoms with Crippen LogP contribution < -0.4 is 10.6 Å². The Labute approximate surface area is 78.3 Å². The van der Waals surface area contributed by atoms with Crippen LogP contribution in [-0.4, -0.2) is 29.9 Å². The molecule has 0 spiro atoms. The van der Waals surface area contributed by atoms with Gasteiger partial charge in [-0.2, -0.15) is 5.10 Å². The lowest BCUT2D eigenvalue weighted by Crippen LogP contribution is -3.10. The van der Waals surface area contributed by atoms with Gasteiger partial charge in [0.1, 0.15) is 5.82 Å². The summed E-state index contributed by atoms with van der Waals surface area (Å²) in [7, 11) is 2.24. The van der Waals surface area contributed by atoms with Crippen LogP contribution in [0.1, 0.15) is 18.9 Å². The number of nitrogens with two attached hydrogens (primary N) is 1. The van der Waals surface area contributed by atoms with Crippen molar-refractivity contribution in [1.29, 1.82) is 0 Å². The van der Waals surface area contributed by atoms with E-state index in [-0.39, 0.29) is 0 Å². The zero-order valence-electron chi connectivity index (χ0n) is 8.03.